The van der Waals surface area contributed by atoms with Crippen molar-refractivity contribution in [1.29, 1.82) is 0 Å². The van der Waals surface area contributed by atoms with E-state index in [1.807, 2.05) is 12.2 Å². The van der Waals surface area contributed by atoms with Crippen LogP contribution in [0.2, 0.25) is 0 Å². The number of halogens is 1. The Labute approximate surface area is 231 Å². The van der Waals surface area contributed by atoms with E-state index >= 15 is 0 Å². The van der Waals surface area contributed by atoms with Crippen molar-refractivity contribution in [1.82, 2.24) is 0 Å². The van der Waals surface area contributed by atoms with Crippen LogP contribution in [-0.2, 0) is 9.53 Å². The summed E-state index contributed by atoms with van der Waals surface area (Å²) in [5.74, 6) is 1.16. The summed E-state index contributed by atoms with van der Waals surface area (Å²) in [6.07, 6.45) is 3.73. The van der Waals surface area contributed by atoms with E-state index in [1.54, 1.807) is 0 Å². The number of Topliss-reactive ketones (excluding diaryl/α,β-unsaturated/α-hetero) is 1. The topological polar surface area (TPSA) is 78.3 Å². The standard InChI is InChI=1S/C32H41BrN2O2/c1-16(2)23-10-20(11-24(17(3)4)30(23)34)29(22-14-27(33)32(36)28(15-22)37-9)21-12-25(18(5)6)31(35)26(13-21)19(7)8/h10-19H,34-35H2,1-9H3. The molecule has 0 saturated heterocycles. The van der Waals surface area contributed by atoms with Crippen LogP contribution in [-0.4, -0.2) is 12.9 Å². The molecule has 2 aromatic carbocycles. The van der Waals surface area contributed by atoms with Crippen molar-refractivity contribution in [3.63, 3.8) is 0 Å². The number of hydrogen-bond donors (Lipinski definition) is 2. The van der Waals surface area contributed by atoms with Crippen molar-refractivity contribution < 1.29 is 9.53 Å². The Kier molecular flexibility index (Phi) is 8.79. The molecule has 3 rings (SSSR count). The Hall–Kier alpha value is -2.79. The molecule has 5 heteroatoms. The predicted octanol–water partition coefficient (Wildman–Crippen LogP) is 8.54. The fraction of sp³-hybridized carbons (Fsp3) is 0.406. The van der Waals surface area contributed by atoms with Gasteiger partial charge in [0.2, 0.25) is 5.78 Å². The first-order valence-electron chi connectivity index (χ1n) is 13.1. The third-order valence-corrected chi connectivity index (χ3v) is 7.66. The minimum atomic E-state index is -0.170. The van der Waals surface area contributed by atoms with Gasteiger partial charge in [-0.25, -0.2) is 0 Å². The van der Waals surface area contributed by atoms with E-state index in [4.69, 9.17) is 16.2 Å². The molecule has 37 heavy (non-hydrogen) atoms. The molecule has 0 aromatic heterocycles. The SMILES string of the molecule is COC1=CC(=C(c2cc(C(C)C)c(N)c(C(C)C)c2)c2cc(C(C)C)c(N)c(C(C)C)c2)C=C(Br)C1=O. The normalized spacial score (nSPS) is 14.1. The van der Waals surface area contributed by atoms with Gasteiger partial charge in [0.05, 0.1) is 11.6 Å². The average Bonchev–Trinajstić information content (AvgIpc) is 2.82. The zero-order valence-electron chi connectivity index (χ0n) is 23.6. The predicted molar refractivity (Wildman–Crippen MR) is 161 cm³/mol. The highest BCUT2D eigenvalue weighted by atomic mass is 79.9. The number of rotatable bonds is 7. The Morgan fingerprint density at radius 1 is 0.703 bits per heavy atom. The van der Waals surface area contributed by atoms with Crippen molar-refractivity contribution in [2.75, 3.05) is 18.6 Å². The minimum Gasteiger partial charge on any atom is -0.493 e. The van der Waals surface area contributed by atoms with Crippen molar-refractivity contribution in [3.05, 3.63) is 85.6 Å². The molecule has 2 aromatic rings. The molecule has 0 radical (unpaired) electrons. The van der Waals surface area contributed by atoms with E-state index in [1.165, 1.54) is 7.11 Å². The fourth-order valence-electron chi connectivity index (χ4n) is 4.96. The lowest BCUT2D eigenvalue weighted by Gasteiger charge is -2.24. The van der Waals surface area contributed by atoms with Crippen LogP contribution < -0.4 is 11.5 Å². The van der Waals surface area contributed by atoms with E-state index in [0.717, 1.165) is 55.9 Å². The molecule has 0 aliphatic heterocycles. The monoisotopic (exact) mass is 564 g/mol. The van der Waals surface area contributed by atoms with Gasteiger partial charge in [0.15, 0.2) is 5.76 Å². The van der Waals surface area contributed by atoms with Crippen LogP contribution >= 0.6 is 15.9 Å². The summed E-state index contributed by atoms with van der Waals surface area (Å²) in [5, 5.41) is 0. The zero-order valence-corrected chi connectivity index (χ0v) is 25.2. The van der Waals surface area contributed by atoms with Crippen molar-refractivity contribution in [3.8, 4) is 0 Å². The van der Waals surface area contributed by atoms with Crippen LogP contribution in [0.4, 0.5) is 11.4 Å². The number of ketones is 1. The molecule has 0 spiro atoms. The fourth-order valence-corrected chi connectivity index (χ4v) is 5.40. The van der Waals surface area contributed by atoms with Gasteiger partial charge in [-0.2, -0.15) is 0 Å². The summed E-state index contributed by atoms with van der Waals surface area (Å²) in [6, 6.07) is 8.81. The van der Waals surface area contributed by atoms with E-state index < -0.39 is 0 Å². The maximum Gasteiger partial charge on any atom is 0.234 e. The number of benzene rings is 2. The summed E-state index contributed by atoms with van der Waals surface area (Å²) >= 11 is 3.48. The molecule has 0 fully saturated rings. The van der Waals surface area contributed by atoms with Crippen LogP contribution in [0.15, 0.2) is 52.2 Å². The molecule has 0 saturated carbocycles. The maximum absolute atomic E-state index is 12.7. The largest absolute Gasteiger partial charge is 0.493 e. The zero-order chi connectivity index (χ0) is 27.8. The number of nitrogen functional groups attached to an aromatic ring is 2. The van der Waals surface area contributed by atoms with Gasteiger partial charge in [0.1, 0.15) is 0 Å². The molecule has 1 aliphatic carbocycles. The van der Waals surface area contributed by atoms with Crippen LogP contribution in [0.5, 0.6) is 0 Å². The molecule has 4 N–H and O–H groups in total. The van der Waals surface area contributed by atoms with Gasteiger partial charge in [0, 0.05) is 11.4 Å². The summed E-state index contributed by atoms with van der Waals surface area (Å²) in [5.41, 5.74) is 23.6. The molecule has 0 amide bonds. The molecular weight excluding hydrogens is 524 g/mol. The summed E-state index contributed by atoms with van der Waals surface area (Å²) in [7, 11) is 1.53. The van der Waals surface area contributed by atoms with Crippen molar-refractivity contribution >= 4 is 38.7 Å². The van der Waals surface area contributed by atoms with E-state index in [0.29, 0.717) is 10.2 Å². The Morgan fingerprint density at radius 3 is 1.35 bits per heavy atom. The lowest BCUT2D eigenvalue weighted by atomic mass is 9.82. The number of ether oxygens (including phenoxy) is 1. The number of nitrogens with two attached hydrogens (primary N) is 2. The first kappa shape index (κ1) is 28.8. The second-order valence-electron chi connectivity index (χ2n) is 11.1. The van der Waals surface area contributed by atoms with E-state index in [2.05, 4.69) is 95.6 Å². The average molecular weight is 566 g/mol. The number of anilines is 2. The third-order valence-electron chi connectivity index (χ3n) is 7.07. The van der Waals surface area contributed by atoms with Gasteiger partial charge in [0.25, 0.3) is 0 Å². The van der Waals surface area contributed by atoms with Gasteiger partial charge < -0.3 is 16.2 Å². The highest BCUT2D eigenvalue weighted by molar-refractivity contribution is 9.12. The Balaban J connectivity index is 2.54. The highest BCUT2D eigenvalue weighted by Crippen LogP contribution is 2.41. The van der Waals surface area contributed by atoms with Crippen LogP contribution in [0, 0.1) is 0 Å². The first-order valence-corrected chi connectivity index (χ1v) is 13.9. The molecular formula is C32H41BrN2O2. The van der Waals surface area contributed by atoms with Crippen molar-refractivity contribution in [2.45, 2.75) is 79.1 Å². The second kappa shape index (κ2) is 11.3. The lowest BCUT2D eigenvalue weighted by Crippen LogP contribution is -2.11. The van der Waals surface area contributed by atoms with Gasteiger partial charge >= 0.3 is 0 Å². The molecule has 198 valence electrons. The van der Waals surface area contributed by atoms with Gasteiger partial charge in [-0.05, 0) is 121 Å². The van der Waals surface area contributed by atoms with Crippen molar-refractivity contribution in [2.24, 2.45) is 0 Å². The summed E-state index contributed by atoms with van der Waals surface area (Å²) < 4.78 is 5.94. The summed E-state index contributed by atoms with van der Waals surface area (Å²) in [6.45, 7) is 17.3. The minimum absolute atomic E-state index is 0.170. The van der Waals surface area contributed by atoms with Crippen LogP contribution in [0.1, 0.15) is 112 Å². The molecule has 0 atom stereocenters. The lowest BCUT2D eigenvalue weighted by molar-refractivity contribution is -0.114. The van der Waals surface area contributed by atoms with E-state index in [9.17, 15) is 4.79 Å². The van der Waals surface area contributed by atoms with Gasteiger partial charge in [-0.15, -0.1) is 0 Å². The molecule has 4 nitrogen and oxygen atoms in total. The first-order chi connectivity index (χ1) is 17.3. The van der Waals surface area contributed by atoms with Crippen LogP contribution in [0.3, 0.4) is 0 Å². The van der Waals surface area contributed by atoms with Gasteiger partial charge in [-0.3, -0.25) is 4.79 Å². The summed E-state index contributed by atoms with van der Waals surface area (Å²) in [4.78, 5) is 12.7. The number of allylic oxidation sites excluding steroid dienone is 4. The number of carbonyl (C=O) groups excluding carboxylic acids is 1. The molecule has 1 aliphatic rings. The van der Waals surface area contributed by atoms with Gasteiger partial charge in [-0.1, -0.05) is 55.4 Å². The highest BCUT2D eigenvalue weighted by Gasteiger charge is 2.25. The molecule has 0 heterocycles. The second-order valence-corrected chi connectivity index (χ2v) is 12.0. The maximum atomic E-state index is 12.7. The molecule has 0 unspecified atom stereocenters. The number of hydrogen-bond acceptors (Lipinski definition) is 4. The quantitative estimate of drug-likeness (QED) is 0.330. The number of methoxy groups -OCH3 is 1. The van der Waals surface area contributed by atoms with E-state index in [-0.39, 0.29) is 29.5 Å². The van der Waals surface area contributed by atoms with Crippen LogP contribution in [0.25, 0.3) is 5.57 Å². The molecule has 0 bridgehead atoms. The third kappa shape index (κ3) is 5.72. The smallest absolute Gasteiger partial charge is 0.234 e. The Morgan fingerprint density at radius 2 is 1.05 bits per heavy atom. The Bertz CT molecular complexity index is 1180. The number of carbonyl (C=O) groups is 1.